The minimum Gasteiger partial charge on any atom is -0.340 e. The first-order valence-electron chi connectivity index (χ1n) is 7.59. The van der Waals surface area contributed by atoms with Crippen LogP contribution in [0.2, 0.25) is 5.02 Å². The van der Waals surface area contributed by atoms with Crippen LogP contribution in [0.1, 0.15) is 0 Å². The lowest BCUT2D eigenvalue weighted by Crippen LogP contribution is -1.97. The van der Waals surface area contributed by atoms with Gasteiger partial charge in [0.15, 0.2) is 0 Å². The molecular weight excluding hydrogens is 339 g/mol. The molecule has 4 aromatic rings. The molecular formula is C19H12ClFN4. The van der Waals surface area contributed by atoms with E-state index in [1.54, 1.807) is 18.5 Å². The first-order valence-corrected chi connectivity index (χ1v) is 7.97. The summed E-state index contributed by atoms with van der Waals surface area (Å²) >= 11 is 5.87. The zero-order chi connectivity index (χ0) is 17.2. The molecule has 4 rings (SSSR count). The van der Waals surface area contributed by atoms with Crippen molar-refractivity contribution in [1.29, 1.82) is 0 Å². The highest BCUT2D eigenvalue weighted by Crippen LogP contribution is 2.30. The molecule has 122 valence electrons. The van der Waals surface area contributed by atoms with Gasteiger partial charge >= 0.3 is 0 Å². The molecule has 0 unspecified atom stereocenters. The summed E-state index contributed by atoms with van der Waals surface area (Å²) in [5.74, 6) is 0.203. The first kappa shape index (κ1) is 15.5. The summed E-state index contributed by atoms with van der Waals surface area (Å²) in [4.78, 5) is 4.70. The molecule has 0 saturated carbocycles. The summed E-state index contributed by atoms with van der Waals surface area (Å²) in [5.41, 5.74) is 2.29. The van der Waals surface area contributed by atoms with Crippen LogP contribution < -0.4 is 5.32 Å². The molecule has 0 bridgehead atoms. The highest BCUT2D eigenvalue weighted by molar-refractivity contribution is 6.31. The topological polar surface area (TPSA) is 50.7 Å². The molecule has 4 nitrogen and oxygen atoms in total. The van der Waals surface area contributed by atoms with Crippen molar-refractivity contribution in [1.82, 2.24) is 15.2 Å². The van der Waals surface area contributed by atoms with Crippen molar-refractivity contribution < 1.29 is 4.39 Å². The number of fused-ring (bicyclic) bond motifs is 1. The molecule has 2 aromatic carbocycles. The molecule has 0 spiro atoms. The van der Waals surface area contributed by atoms with E-state index in [4.69, 9.17) is 16.6 Å². The van der Waals surface area contributed by atoms with Crippen LogP contribution in [0.4, 0.5) is 15.9 Å². The van der Waals surface area contributed by atoms with Gasteiger partial charge in [-0.25, -0.2) is 9.37 Å². The number of nitrogens with one attached hydrogen (secondary N) is 1. The summed E-state index contributed by atoms with van der Waals surface area (Å²) in [7, 11) is 0. The molecule has 0 atom stereocenters. The lowest BCUT2D eigenvalue weighted by molar-refractivity contribution is 0.628. The normalized spacial score (nSPS) is 10.8. The van der Waals surface area contributed by atoms with E-state index in [0.29, 0.717) is 11.5 Å². The summed E-state index contributed by atoms with van der Waals surface area (Å²) in [5, 5.41) is 13.0. The van der Waals surface area contributed by atoms with Crippen LogP contribution in [0.3, 0.4) is 0 Å². The third kappa shape index (κ3) is 3.14. The Morgan fingerprint density at radius 1 is 0.960 bits per heavy atom. The van der Waals surface area contributed by atoms with Gasteiger partial charge in [0.2, 0.25) is 0 Å². The Kier molecular flexibility index (Phi) is 3.99. The predicted octanol–water partition coefficient (Wildman–Crippen LogP) is 5.23. The summed E-state index contributed by atoms with van der Waals surface area (Å²) in [6, 6.07) is 16.2. The number of anilines is 2. The number of hydrogen-bond donors (Lipinski definition) is 1. The molecule has 0 aliphatic heterocycles. The lowest BCUT2D eigenvalue weighted by atomic mass is 10.1. The fourth-order valence-corrected chi connectivity index (χ4v) is 2.78. The quantitative estimate of drug-likeness (QED) is 0.549. The monoisotopic (exact) mass is 350 g/mol. The van der Waals surface area contributed by atoms with Crippen LogP contribution in [-0.4, -0.2) is 15.2 Å². The van der Waals surface area contributed by atoms with Crippen LogP contribution in [-0.2, 0) is 0 Å². The minimum atomic E-state index is -0.457. The largest absolute Gasteiger partial charge is 0.340 e. The van der Waals surface area contributed by atoms with Crippen LogP contribution >= 0.6 is 11.6 Å². The van der Waals surface area contributed by atoms with Gasteiger partial charge in [-0.1, -0.05) is 35.9 Å². The fourth-order valence-electron chi connectivity index (χ4n) is 2.59. The molecule has 2 heterocycles. The maximum atomic E-state index is 13.4. The van der Waals surface area contributed by atoms with Crippen molar-refractivity contribution in [3.63, 3.8) is 0 Å². The molecule has 0 aliphatic rings. The Balaban J connectivity index is 1.85. The fraction of sp³-hybridized carbons (Fsp3) is 0. The van der Waals surface area contributed by atoms with E-state index < -0.39 is 5.82 Å². The second-order valence-electron chi connectivity index (χ2n) is 5.46. The second kappa shape index (κ2) is 6.45. The molecule has 0 amide bonds. The number of rotatable bonds is 3. The van der Waals surface area contributed by atoms with Crippen molar-refractivity contribution in [3.05, 3.63) is 77.8 Å². The smallest absolute Gasteiger partial charge is 0.141 e. The van der Waals surface area contributed by atoms with Gasteiger partial charge < -0.3 is 5.32 Å². The van der Waals surface area contributed by atoms with Gasteiger partial charge in [-0.2, -0.15) is 10.2 Å². The van der Waals surface area contributed by atoms with Crippen LogP contribution in [0.15, 0.2) is 67.0 Å². The SMILES string of the molecule is Fc1ccc(Nc2nc(-c3ccnnc3)cc3ccccc23)cc1Cl. The minimum absolute atomic E-state index is 0.0591. The molecule has 0 radical (unpaired) electrons. The number of benzene rings is 2. The van der Waals surface area contributed by atoms with E-state index in [-0.39, 0.29) is 5.02 Å². The molecule has 25 heavy (non-hydrogen) atoms. The molecule has 0 fully saturated rings. The van der Waals surface area contributed by atoms with Gasteiger partial charge in [-0.3, -0.25) is 0 Å². The van der Waals surface area contributed by atoms with Crippen molar-refractivity contribution in [2.75, 3.05) is 5.32 Å². The number of hydrogen-bond acceptors (Lipinski definition) is 4. The van der Waals surface area contributed by atoms with Gasteiger partial charge in [-0.15, -0.1) is 0 Å². The Bertz CT molecular complexity index is 1050. The van der Waals surface area contributed by atoms with Crippen LogP contribution in [0, 0.1) is 5.82 Å². The summed E-state index contributed by atoms with van der Waals surface area (Å²) < 4.78 is 13.4. The van der Waals surface area contributed by atoms with E-state index in [1.807, 2.05) is 36.4 Å². The van der Waals surface area contributed by atoms with Gasteiger partial charge in [0, 0.05) is 16.6 Å². The molecule has 2 aromatic heterocycles. The zero-order valence-electron chi connectivity index (χ0n) is 12.9. The van der Waals surface area contributed by atoms with Gasteiger partial charge in [-0.05, 0) is 35.7 Å². The van der Waals surface area contributed by atoms with Crippen molar-refractivity contribution in [2.24, 2.45) is 0 Å². The second-order valence-corrected chi connectivity index (χ2v) is 5.87. The van der Waals surface area contributed by atoms with E-state index in [1.165, 1.54) is 12.1 Å². The van der Waals surface area contributed by atoms with Gasteiger partial charge in [0.05, 0.1) is 23.1 Å². The van der Waals surface area contributed by atoms with E-state index in [9.17, 15) is 4.39 Å². The lowest BCUT2D eigenvalue weighted by Gasteiger charge is -2.12. The molecule has 6 heteroatoms. The highest BCUT2D eigenvalue weighted by Gasteiger charge is 2.09. The Morgan fingerprint density at radius 2 is 1.84 bits per heavy atom. The van der Waals surface area contributed by atoms with E-state index >= 15 is 0 Å². The summed E-state index contributed by atoms with van der Waals surface area (Å²) in [6.45, 7) is 0. The van der Waals surface area contributed by atoms with E-state index in [2.05, 4.69) is 15.5 Å². The number of halogens is 2. The highest BCUT2D eigenvalue weighted by atomic mass is 35.5. The van der Waals surface area contributed by atoms with Gasteiger partial charge in [0.25, 0.3) is 0 Å². The molecule has 1 N–H and O–H groups in total. The van der Waals surface area contributed by atoms with Crippen molar-refractivity contribution in [3.8, 4) is 11.3 Å². The predicted molar refractivity (Wildman–Crippen MR) is 97.5 cm³/mol. The molecule has 0 aliphatic carbocycles. The maximum Gasteiger partial charge on any atom is 0.141 e. The van der Waals surface area contributed by atoms with Crippen LogP contribution in [0.5, 0.6) is 0 Å². The standard InChI is InChI=1S/C19H12ClFN4/c20-16-10-14(5-6-17(16)21)24-19-15-4-2-1-3-12(15)9-18(25-19)13-7-8-22-23-11-13/h1-11H,(H,24,25). The Hall–Kier alpha value is -3.05. The van der Waals surface area contributed by atoms with Crippen molar-refractivity contribution in [2.45, 2.75) is 0 Å². The average Bonchev–Trinajstić information content (AvgIpc) is 2.65. The molecule has 0 saturated heterocycles. The average molecular weight is 351 g/mol. The maximum absolute atomic E-state index is 13.4. The van der Waals surface area contributed by atoms with Gasteiger partial charge in [0.1, 0.15) is 11.6 Å². The van der Waals surface area contributed by atoms with Crippen molar-refractivity contribution >= 4 is 33.9 Å². The third-order valence-corrected chi connectivity index (χ3v) is 4.09. The third-order valence-electron chi connectivity index (χ3n) is 3.80. The van der Waals surface area contributed by atoms with E-state index in [0.717, 1.165) is 22.0 Å². The number of pyridine rings is 1. The summed E-state index contributed by atoms with van der Waals surface area (Å²) in [6.07, 6.45) is 3.29. The number of nitrogens with zero attached hydrogens (tertiary/aromatic N) is 3. The van der Waals surface area contributed by atoms with Crippen LogP contribution in [0.25, 0.3) is 22.0 Å². The zero-order valence-corrected chi connectivity index (χ0v) is 13.7. The Labute approximate surface area is 148 Å². The Morgan fingerprint density at radius 3 is 2.64 bits per heavy atom. The first-order chi connectivity index (χ1) is 12.2. The number of aromatic nitrogens is 3.